The summed E-state index contributed by atoms with van der Waals surface area (Å²) in [5.74, 6) is -0.722. The summed E-state index contributed by atoms with van der Waals surface area (Å²) in [6, 6.07) is 5.27. The Kier molecular flexibility index (Phi) is 3.38. The van der Waals surface area contributed by atoms with Gasteiger partial charge in [-0.2, -0.15) is 4.68 Å². The summed E-state index contributed by atoms with van der Waals surface area (Å²) in [6.45, 7) is 1.87. The van der Waals surface area contributed by atoms with Gasteiger partial charge in [0.25, 0.3) is 0 Å². The van der Waals surface area contributed by atoms with E-state index in [2.05, 4.69) is 15.5 Å². The number of halogens is 1. The lowest BCUT2D eigenvalue weighted by molar-refractivity contribution is -0.131. The van der Waals surface area contributed by atoms with Gasteiger partial charge in [-0.25, -0.2) is 4.79 Å². The van der Waals surface area contributed by atoms with Gasteiger partial charge in [0.1, 0.15) is 0 Å². The Morgan fingerprint density at radius 3 is 2.94 bits per heavy atom. The molecule has 18 heavy (non-hydrogen) atoms. The predicted molar refractivity (Wildman–Crippen MR) is 65.6 cm³/mol. The van der Waals surface area contributed by atoms with Gasteiger partial charge in [0, 0.05) is 11.1 Å². The zero-order valence-electron chi connectivity index (χ0n) is 9.41. The van der Waals surface area contributed by atoms with Gasteiger partial charge < -0.3 is 5.11 Å². The van der Waals surface area contributed by atoms with E-state index in [0.29, 0.717) is 10.8 Å². The van der Waals surface area contributed by atoms with Crippen LogP contribution in [0, 0.1) is 6.92 Å². The van der Waals surface area contributed by atoms with Crippen LogP contribution in [0.5, 0.6) is 0 Å². The lowest BCUT2D eigenvalue weighted by Gasteiger charge is -2.05. The number of rotatable bonds is 3. The summed E-state index contributed by atoms with van der Waals surface area (Å²) in [7, 11) is 0. The van der Waals surface area contributed by atoms with Gasteiger partial charge in [0.05, 0.1) is 5.69 Å². The molecule has 0 saturated heterocycles. The average Bonchev–Trinajstić information content (AvgIpc) is 2.74. The molecular formula is C11H9ClN4O2. The van der Waals surface area contributed by atoms with Crippen LogP contribution in [0.1, 0.15) is 11.4 Å². The maximum absolute atomic E-state index is 10.5. The van der Waals surface area contributed by atoms with E-state index in [9.17, 15) is 4.79 Å². The molecule has 7 heteroatoms. The minimum atomic E-state index is -1.06. The SMILES string of the molecule is Cc1cc(Cl)ccc1-n1nnnc1/C=C/C(=O)O. The molecule has 6 nitrogen and oxygen atoms in total. The Balaban J connectivity index is 2.45. The highest BCUT2D eigenvalue weighted by Gasteiger charge is 2.08. The Labute approximate surface area is 108 Å². The standard InChI is InChI=1S/C11H9ClN4O2/c1-7-6-8(12)2-3-9(7)16-10(13-14-15-16)4-5-11(17)18/h2-6H,1H3,(H,17,18)/b5-4+. The van der Waals surface area contributed by atoms with Crippen LogP contribution in [0.3, 0.4) is 0 Å². The van der Waals surface area contributed by atoms with Crippen molar-refractivity contribution in [2.24, 2.45) is 0 Å². The molecule has 0 spiro atoms. The summed E-state index contributed by atoms with van der Waals surface area (Å²) in [6.07, 6.45) is 2.31. The second-order valence-electron chi connectivity index (χ2n) is 3.55. The molecule has 0 saturated carbocycles. The summed E-state index contributed by atoms with van der Waals surface area (Å²) in [4.78, 5) is 10.5. The summed E-state index contributed by atoms with van der Waals surface area (Å²) in [5, 5.41) is 20.3. The van der Waals surface area contributed by atoms with Crippen LogP contribution in [0.2, 0.25) is 5.02 Å². The maximum Gasteiger partial charge on any atom is 0.328 e. The normalized spacial score (nSPS) is 11.0. The minimum absolute atomic E-state index is 0.336. The molecule has 1 N–H and O–H groups in total. The van der Waals surface area contributed by atoms with E-state index in [1.165, 1.54) is 10.8 Å². The van der Waals surface area contributed by atoms with Crippen molar-refractivity contribution in [3.63, 3.8) is 0 Å². The summed E-state index contributed by atoms with van der Waals surface area (Å²) >= 11 is 5.87. The number of hydrogen-bond acceptors (Lipinski definition) is 4. The number of benzene rings is 1. The van der Waals surface area contributed by atoms with Crippen LogP contribution in [0.25, 0.3) is 11.8 Å². The molecule has 0 radical (unpaired) electrons. The number of carbonyl (C=O) groups is 1. The highest BCUT2D eigenvalue weighted by molar-refractivity contribution is 6.30. The van der Waals surface area contributed by atoms with Crippen LogP contribution >= 0.6 is 11.6 Å². The van der Waals surface area contributed by atoms with Gasteiger partial charge in [0.2, 0.25) is 0 Å². The highest BCUT2D eigenvalue weighted by atomic mass is 35.5. The number of aryl methyl sites for hydroxylation is 1. The Morgan fingerprint density at radius 2 is 2.28 bits per heavy atom. The zero-order chi connectivity index (χ0) is 13.1. The number of carboxylic acid groups (broad SMARTS) is 1. The largest absolute Gasteiger partial charge is 0.478 e. The van der Waals surface area contributed by atoms with Gasteiger partial charge in [0.15, 0.2) is 5.82 Å². The lowest BCUT2D eigenvalue weighted by atomic mass is 10.2. The molecule has 1 aromatic heterocycles. The molecule has 0 aliphatic carbocycles. The highest BCUT2D eigenvalue weighted by Crippen LogP contribution is 2.19. The third kappa shape index (κ3) is 2.54. The third-order valence-corrected chi connectivity index (χ3v) is 2.49. The van der Waals surface area contributed by atoms with E-state index in [1.54, 1.807) is 18.2 Å². The van der Waals surface area contributed by atoms with Crippen molar-refractivity contribution in [3.8, 4) is 5.69 Å². The van der Waals surface area contributed by atoms with E-state index < -0.39 is 5.97 Å². The van der Waals surface area contributed by atoms with Crippen molar-refractivity contribution in [2.75, 3.05) is 0 Å². The molecule has 1 heterocycles. The van der Waals surface area contributed by atoms with Gasteiger partial charge in [-0.3, -0.25) is 0 Å². The second-order valence-corrected chi connectivity index (χ2v) is 3.99. The second kappa shape index (κ2) is 4.97. The smallest absolute Gasteiger partial charge is 0.328 e. The van der Waals surface area contributed by atoms with E-state index >= 15 is 0 Å². The van der Waals surface area contributed by atoms with Gasteiger partial charge in [-0.05, 0) is 47.2 Å². The Bertz CT molecular complexity index is 621. The number of tetrazole rings is 1. The fourth-order valence-corrected chi connectivity index (χ4v) is 1.70. The van der Waals surface area contributed by atoms with Crippen LogP contribution in [0.4, 0.5) is 0 Å². The zero-order valence-corrected chi connectivity index (χ0v) is 10.2. The van der Waals surface area contributed by atoms with E-state index in [-0.39, 0.29) is 0 Å². The van der Waals surface area contributed by atoms with Crippen LogP contribution in [0.15, 0.2) is 24.3 Å². The van der Waals surface area contributed by atoms with Gasteiger partial charge in [-0.15, -0.1) is 5.10 Å². The lowest BCUT2D eigenvalue weighted by Crippen LogP contribution is -2.02. The molecule has 92 valence electrons. The first-order valence-corrected chi connectivity index (χ1v) is 5.41. The first kappa shape index (κ1) is 12.3. The predicted octanol–water partition coefficient (Wildman–Crippen LogP) is 1.72. The Morgan fingerprint density at radius 1 is 1.50 bits per heavy atom. The van der Waals surface area contributed by atoms with E-state index in [1.807, 2.05) is 6.92 Å². The number of aromatic nitrogens is 4. The monoisotopic (exact) mass is 264 g/mol. The first-order valence-electron chi connectivity index (χ1n) is 5.04. The van der Waals surface area contributed by atoms with Crippen molar-refractivity contribution >= 4 is 23.6 Å². The first-order chi connectivity index (χ1) is 8.58. The molecule has 0 aliphatic rings. The average molecular weight is 265 g/mol. The molecule has 0 bridgehead atoms. The number of nitrogens with zero attached hydrogens (tertiary/aromatic N) is 4. The van der Waals surface area contributed by atoms with Crippen LogP contribution < -0.4 is 0 Å². The Hall–Kier alpha value is -2.21. The molecule has 0 unspecified atom stereocenters. The molecule has 0 fully saturated rings. The van der Waals surface area contributed by atoms with E-state index in [4.69, 9.17) is 16.7 Å². The molecule has 2 rings (SSSR count). The van der Waals surface area contributed by atoms with Gasteiger partial charge in [-0.1, -0.05) is 11.6 Å². The van der Waals surface area contributed by atoms with Crippen LogP contribution in [-0.4, -0.2) is 31.3 Å². The molecular weight excluding hydrogens is 256 g/mol. The summed E-state index contributed by atoms with van der Waals surface area (Å²) < 4.78 is 1.45. The van der Waals surface area contributed by atoms with Crippen molar-refractivity contribution in [3.05, 3.63) is 40.7 Å². The molecule has 0 amide bonds. The molecule has 1 aromatic carbocycles. The van der Waals surface area contributed by atoms with Crippen LogP contribution in [-0.2, 0) is 4.79 Å². The quantitative estimate of drug-likeness (QED) is 0.854. The number of hydrogen-bond donors (Lipinski definition) is 1. The van der Waals surface area contributed by atoms with Gasteiger partial charge >= 0.3 is 5.97 Å². The molecule has 0 aliphatic heterocycles. The fraction of sp³-hybridized carbons (Fsp3) is 0.0909. The van der Waals surface area contributed by atoms with Crippen molar-refractivity contribution in [2.45, 2.75) is 6.92 Å². The topological polar surface area (TPSA) is 80.9 Å². The van der Waals surface area contributed by atoms with Crippen molar-refractivity contribution in [1.82, 2.24) is 20.2 Å². The maximum atomic E-state index is 10.5. The third-order valence-electron chi connectivity index (χ3n) is 2.26. The van der Waals surface area contributed by atoms with Crippen molar-refractivity contribution in [1.29, 1.82) is 0 Å². The fourth-order valence-electron chi connectivity index (χ4n) is 1.47. The molecule has 2 aromatic rings. The minimum Gasteiger partial charge on any atom is -0.478 e. The van der Waals surface area contributed by atoms with E-state index in [0.717, 1.165) is 17.3 Å². The van der Waals surface area contributed by atoms with Crippen molar-refractivity contribution < 1.29 is 9.90 Å². The number of carboxylic acids is 1. The number of aliphatic carboxylic acids is 1. The molecule has 0 atom stereocenters. The summed E-state index contributed by atoms with van der Waals surface area (Å²) in [5.41, 5.74) is 1.63.